The Bertz CT molecular complexity index is 577. The summed E-state index contributed by atoms with van der Waals surface area (Å²) < 4.78 is 37.5. The third kappa shape index (κ3) is 10.6. The van der Waals surface area contributed by atoms with Gasteiger partial charge in [-0.05, 0) is 46.0 Å². The summed E-state index contributed by atoms with van der Waals surface area (Å²) in [6.45, 7) is 11.5. The van der Waals surface area contributed by atoms with Crippen LogP contribution in [-0.2, 0) is 19.5 Å². The van der Waals surface area contributed by atoms with Gasteiger partial charge in [0.2, 0.25) is 10.0 Å². The standard InChI is InChI=1S/C19H38N4O4S.HI/c1-4-20-19(21-8-5-13-26-16-18-6-7-18)22-9-11-23(12-10-22)28(24,25)15-14-27-17(2)3;/h17-18H,4-16H2,1-3H3,(H,20,21);1H. The quantitative estimate of drug-likeness (QED) is 0.174. The fourth-order valence-electron chi connectivity index (χ4n) is 3.01. The van der Waals surface area contributed by atoms with Crippen LogP contribution in [0.5, 0.6) is 0 Å². The molecule has 29 heavy (non-hydrogen) atoms. The number of aliphatic imine (C=N–C) groups is 1. The Kier molecular flexibility index (Phi) is 13.0. The van der Waals surface area contributed by atoms with Crippen LogP contribution < -0.4 is 5.32 Å². The van der Waals surface area contributed by atoms with Crippen LogP contribution in [-0.4, -0.2) is 94.5 Å². The Balaban J connectivity index is 0.00000420. The predicted octanol–water partition coefficient (Wildman–Crippen LogP) is 1.76. The predicted molar refractivity (Wildman–Crippen MR) is 128 cm³/mol. The minimum Gasteiger partial charge on any atom is -0.381 e. The first-order valence-electron chi connectivity index (χ1n) is 10.6. The van der Waals surface area contributed by atoms with E-state index in [0.717, 1.165) is 44.6 Å². The molecule has 0 aromatic carbocycles. The van der Waals surface area contributed by atoms with E-state index < -0.39 is 10.0 Å². The van der Waals surface area contributed by atoms with Gasteiger partial charge in [0.15, 0.2) is 5.96 Å². The maximum atomic E-state index is 12.5. The topological polar surface area (TPSA) is 83.5 Å². The molecule has 0 unspecified atom stereocenters. The summed E-state index contributed by atoms with van der Waals surface area (Å²) in [6.07, 6.45) is 3.58. The molecule has 0 radical (unpaired) electrons. The molecule has 1 heterocycles. The lowest BCUT2D eigenvalue weighted by molar-refractivity contribution is 0.0904. The highest BCUT2D eigenvalue weighted by Crippen LogP contribution is 2.28. The van der Waals surface area contributed by atoms with Gasteiger partial charge in [0.25, 0.3) is 0 Å². The Morgan fingerprint density at radius 2 is 1.86 bits per heavy atom. The van der Waals surface area contributed by atoms with Gasteiger partial charge >= 0.3 is 0 Å². The number of nitrogens with zero attached hydrogens (tertiary/aromatic N) is 3. The second kappa shape index (κ2) is 14.0. The van der Waals surface area contributed by atoms with Crippen LogP contribution >= 0.6 is 24.0 Å². The second-order valence-electron chi connectivity index (χ2n) is 7.73. The molecule has 0 bridgehead atoms. The number of halogens is 1. The molecule has 1 aliphatic carbocycles. The normalized spacial score (nSPS) is 18.8. The lowest BCUT2D eigenvalue weighted by Crippen LogP contribution is -2.54. The van der Waals surface area contributed by atoms with Gasteiger partial charge in [-0.25, -0.2) is 8.42 Å². The molecule has 2 aliphatic rings. The summed E-state index contributed by atoms with van der Waals surface area (Å²) in [6, 6.07) is 0. The Morgan fingerprint density at radius 1 is 1.17 bits per heavy atom. The van der Waals surface area contributed by atoms with E-state index in [1.54, 1.807) is 4.31 Å². The van der Waals surface area contributed by atoms with Gasteiger partial charge in [0.05, 0.1) is 18.5 Å². The van der Waals surface area contributed by atoms with Gasteiger partial charge in [-0.15, -0.1) is 24.0 Å². The highest BCUT2D eigenvalue weighted by Gasteiger charge is 2.28. The van der Waals surface area contributed by atoms with Crippen molar-refractivity contribution in [3.63, 3.8) is 0 Å². The van der Waals surface area contributed by atoms with E-state index in [9.17, 15) is 8.42 Å². The summed E-state index contributed by atoms with van der Waals surface area (Å²) in [4.78, 5) is 6.83. The maximum Gasteiger partial charge on any atom is 0.216 e. The summed E-state index contributed by atoms with van der Waals surface area (Å²) in [5.74, 6) is 1.70. The Morgan fingerprint density at radius 3 is 2.45 bits per heavy atom. The molecular formula is C19H39IN4O4S. The van der Waals surface area contributed by atoms with E-state index in [0.29, 0.717) is 26.2 Å². The molecule has 0 spiro atoms. The monoisotopic (exact) mass is 546 g/mol. The van der Waals surface area contributed by atoms with Gasteiger partial charge < -0.3 is 19.7 Å². The maximum absolute atomic E-state index is 12.5. The van der Waals surface area contributed by atoms with Crippen LogP contribution in [0, 0.1) is 5.92 Å². The van der Waals surface area contributed by atoms with Crippen LogP contribution in [0.3, 0.4) is 0 Å². The Hall–Kier alpha value is -0.170. The highest BCUT2D eigenvalue weighted by atomic mass is 127. The van der Waals surface area contributed by atoms with Crippen molar-refractivity contribution in [3.05, 3.63) is 0 Å². The van der Waals surface area contributed by atoms with Crippen molar-refractivity contribution >= 4 is 40.0 Å². The number of hydrogen-bond donors (Lipinski definition) is 1. The molecule has 2 fully saturated rings. The minimum absolute atomic E-state index is 0. The zero-order valence-corrected chi connectivity index (χ0v) is 21.3. The van der Waals surface area contributed by atoms with Gasteiger partial charge in [-0.3, -0.25) is 4.99 Å². The molecule has 172 valence electrons. The van der Waals surface area contributed by atoms with Crippen LogP contribution in [0.15, 0.2) is 4.99 Å². The van der Waals surface area contributed by atoms with E-state index in [1.807, 2.05) is 20.8 Å². The van der Waals surface area contributed by atoms with Gasteiger partial charge in [0.1, 0.15) is 0 Å². The number of rotatable bonds is 12. The zero-order chi connectivity index (χ0) is 20.4. The lowest BCUT2D eigenvalue weighted by Gasteiger charge is -2.36. The molecule has 0 amide bonds. The van der Waals surface area contributed by atoms with Gasteiger partial charge in [-0.1, -0.05) is 0 Å². The molecule has 2 rings (SSSR count). The molecule has 0 aromatic heterocycles. The second-order valence-corrected chi connectivity index (χ2v) is 9.82. The Labute approximate surface area is 193 Å². The van der Waals surface area contributed by atoms with E-state index >= 15 is 0 Å². The van der Waals surface area contributed by atoms with E-state index in [1.165, 1.54) is 12.8 Å². The summed E-state index contributed by atoms with van der Waals surface area (Å²) in [5, 5.41) is 3.32. The third-order valence-corrected chi connectivity index (χ3v) is 6.65. The van der Waals surface area contributed by atoms with Crippen molar-refractivity contribution in [2.75, 3.05) is 64.8 Å². The van der Waals surface area contributed by atoms with Crippen molar-refractivity contribution in [2.45, 2.75) is 46.1 Å². The molecule has 10 heteroatoms. The molecule has 1 aliphatic heterocycles. The molecule has 0 atom stereocenters. The smallest absolute Gasteiger partial charge is 0.216 e. The fraction of sp³-hybridized carbons (Fsp3) is 0.947. The average Bonchev–Trinajstić information content (AvgIpc) is 3.47. The van der Waals surface area contributed by atoms with E-state index in [-0.39, 0.29) is 42.4 Å². The highest BCUT2D eigenvalue weighted by molar-refractivity contribution is 14.0. The zero-order valence-electron chi connectivity index (χ0n) is 18.1. The number of sulfonamides is 1. The van der Waals surface area contributed by atoms with Crippen LogP contribution in [0.2, 0.25) is 0 Å². The van der Waals surface area contributed by atoms with E-state index in [2.05, 4.69) is 15.2 Å². The largest absolute Gasteiger partial charge is 0.381 e. The molecule has 0 aromatic rings. The minimum atomic E-state index is -3.26. The molecular weight excluding hydrogens is 507 g/mol. The van der Waals surface area contributed by atoms with Crippen molar-refractivity contribution in [1.82, 2.24) is 14.5 Å². The summed E-state index contributed by atoms with van der Waals surface area (Å²) in [7, 11) is -3.26. The first-order chi connectivity index (χ1) is 13.4. The van der Waals surface area contributed by atoms with Crippen LogP contribution in [0.25, 0.3) is 0 Å². The summed E-state index contributed by atoms with van der Waals surface area (Å²) >= 11 is 0. The number of guanidine groups is 1. The third-order valence-electron chi connectivity index (χ3n) is 4.82. The number of piperazine rings is 1. The molecule has 1 saturated heterocycles. The van der Waals surface area contributed by atoms with Gasteiger partial charge in [0, 0.05) is 52.5 Å². The van der Waals surface area contributed by atoms with Crippen LogP contribution in [0.1, 0.15) is 40.0 Å². The van der Waals surface area contributed by atoms with Crippen molar-refractivity contribution < 1.29 is 17.9 Å². The number of nitrogens with one attached hydrogen (secondary N) is 1. The lowest BCUT2D eigenvalue weighted by atomic mass is 10.4. The first kappa shape index (κ1) is 26.9. The SMILES string of the molecule is CCNC(=NCCCOCC1CC1)N1CCN(S(=O)(=O)CCOC(C)C)CC1.I. The van der Waals surface area contributed by atoms with Crippen molar-refractivity contribution in [2.24, 2.45) is 10.9 Å². The summed E-state index contributed by atoms with van der Waals surface area (Å²) in [5.41, 5.74) is 0. The number of ether oxygens (including phenoxy) is 2. The van der Waals surface area contributed by atoms with Crippen molar-refractivity contribution in [1.29, 1.82) is 0 Å². The van der Waals surface area contributed by atoms with Gasteiger partial charge in [-0.2, -0.15) is 4.31 Å². The first-order valence-corrected chi connectivity index (χ1v) is 12.2. The van der Waals surface area contributed by atoms with Crippen LogP contribution in [0.4, 0.5) is 0 Å². The average molecular weight is 547 g/mol. The van der Waals surface area contributed by atoms with E-state index in [4.69, 9.17) is 9.47 Å². The molecule has 8 nitrogen and oxygen atoms in total. The fourth-order valence-corrected chi connectivity index (χ4v) is 4.29. The molecule has 1 saturated carbocycles. The molecule has 1 N–H and O–H groups in total. The van der Waals surface area contributed by atoms with Crippen molar-refractivity contribution in [3.8, 4) is 0 Å². The number of hydrogen-bond acceptors (Lipinski definition) is 5.